The highest BCUT2D eigenvalue weighted by Gasteiger charge is 2.18. The van der Waals surface area contributed by atoms with Gasteiger partial charge < -0.3 is 5.32 Å². The average molecular weight is 308 g/mol. The van der Waals surface area contributed by atoms with E-state index in [0.717, 1.165) is 11.1 Å². The normalized spacial score (nSPS) is 12.4. The number of halogens is 2. The lowest BCUT2D eigenvalue weighted by atomic mass is 9.95. The molecular weight excluding hydrogens is 293 g/mol. The van der Waals surface area contributed by atoms with Crippen molar-refractivity contribution >= 4 is 15.9 Å². The van der Waals surface area contributed by atoms with Crippen molar-refractivity contribution in [1.82, 2.24) is 5.32 Å². The Kier molecular flexibility index (Phi) is 4.15. The van der Waals surface area contributed by atoms with Crippen LogP contribution in [0.3, 0.4) is 0 Å². The molecule has 3 heteroatoms. The van der Waals surface area contributed by atoms with Gasteiger partial charge in [-0.1, -0.05) is 36.4 Å². The Morgan fingerprint density at radius 3 is 2.39 bits per heavy atom. The van der Waals surface area contributed by atoms with Crippen LogP contribution in [0.15, 0.2) is 46.9 Å². The van der Waals surface area contributed by atoms with Crippen LogP contribution >= 0.6 is 15.9 Å². The second kappa shape index (κ2) is 5.63. The molecule has 0 aliphatic rings. The van der Waals surface area contributed by atoms with Gasteiger partial charge in [-0.3, -0.25) is 0 Å². The molecule has 1 atom stereocenters. The summed E-state index contributed by atoms with van der Waals surface area (Å²) in [4.78, 5) is 0. The largest absolute Gasteiger partial charge is 0.309 e. The van der Waals surface area contributed by atoms with E-state index in [2.05, 4.69) is 21.2 Å². The molecule has 0 saturated heterocycles. The lowest BCUT2D eigenvalue weighted by molar-refractivity contribution is 0.570. The molecule has 0 heterocycles. The number of rotatable bonds is 3. The van der Waals surface area contributed by atoms with Gasteiger partial charge in [0.25, 0.3) is 0 Å². The predicted molar refractivity (Wildman–Crippen MR) is 76.2 cm³/mol. The quantitative estimate of drug-likeness (QED) is 0.896. The zero-order chi connectivity index (χ0) is 13.1. The second-order valence-electron chi connectivity index (χ2n) is 4.22. The molecule has 0 radical (unpaired) electrons. The summed E-state index contributed by atoms with van der Waals surface area (Å²) in [5.41, 5.74) is 2.90. The van der Waals surface area contributed by atoms with Crippen molar-refractivity contribution in [1.29, 1.82) is 0 Å². The van der Waals surface area contributed by atoms with Crippen LogP contribution in [0.1, 0.15) is 22.7 Å². The molecule has 0 aliphatic heterocycles. The molecule has 2 rings (SSSR count). The Labute approximate surface area is 115 Å². The van der Waals surface area contributed by atoms with Gasteiger partial charge in [-0.05, 0) is 47.1 Å². The lowest BCUT2D eigenvalue weighted by Crippen LogP contribution is -2.20. The van der Waals surface area contributed by atoms with Crippen LogP contribution in [-0.2, 0) is 0 Å². The van der Waals surface area contributed by atoms with Crippen molar-refractivity contribution in [2.45, 2.75) is 13.0 Å². The van der Waals surface area contributed by atoms with Gasteiger partial charge in [-0.15, -0.1) is 0 Å². The van der Waals surface area contributed by atoms with E-state index in [4.69, 9.17) is 0 Å². The summed E-state index contributed by atoms with van der Waals surface area (Å²) in [5.74, 6) is -0.208. The zero-order valence-corrected chi connectivity index (χ0v) is 12.0. The van der Waals surface area contributed by atoms with E-state index in [1.165, 1.54) is 0 Å². The number of aryl methyl sites for hydroxylation is 1. The Hall–Kier alpha value is -1.19. The summed E-state index contributed by atoms with van der Waals surface area (Å²) in [7, 11) is 1.84. The van der Waals surface area contributed by atoms with Gasteiger partial charge in [0.15, 0.2) is 0 Å². The molecule has 1 nitrogen and oxygen atoms in total. The van der Waals surface area contributed by atoms with Crippen LogP contribution < -0.4 is 5.32 Å². The van der Waals surface area contributed by atoms with Gasteiger partial charge in [-0.2, -0.15) is 0 Å². The van der Waals surface area contributed by atoms with Crippen molar-refractivity contribution in [2.24, 2.45) is 0 Å². The molecule has 0 saturated carbocycles. The van der Waals surface area contributed by atoms with Crippen LogP contribution in [0.4, 0.5) is 4.39 Å². The van der Waals surface area contributed by atoms with Gasteiger partial charge in [0, 0.05) is 5.56 Å². The van der Waals surface area contributed by atoms with Crippen LogP contribution in [0.5, 0.6) is 0 Å². The molecule has 0 aromatic heterocycles. The van der Waals surface area contributed by atoms with E-state index in [0.29, 0.717) is 10.0 Å². The summed E-state index contributed by atoms with van der Waals surface area (Å²) in [6, 6.07) is 13.3. The highest BCUT2D eigenvalue weighted by atomic mass is 79.9. The van der Waals surface area contributed by atoms with Crippen LogP contribution in [0.2, 0.25) is 0 Å². The third kappa shape index (κ3) is 2.47. The monoisotopic (exact) mass is 307 g/mol. The minimum atomic E-state index is -0.208. The number of nitrogens with one attached hydrogen (secondary N) is 1. The first kappa shape index (κ1) is 13.2. The summed E-state index contributed by atoms with van der Waals surface area (Å²) >= 11 is 3.23. The standard InChI is InChI=1S/C15H15BrFN/c1-10-6-3-4-7-11(10)15(18-2)12-8-5-9-13(16)14(12)17/h3-9,15,18H,1-2H3. The van der Waals surface area contributed by atoms with Gasteiger partial charge in [-0.25, -0.2) is 4.39 Å². The maximum Gasteiger partial charge on any atom is 0.142 e. The molecule has 0 spiro atoms. The van der Waals surface area contributed by atoms with E-state index in [1.54, 1.807) is 6.07 Å². The fraction of sp³-hybridized carbons (Fsp3) is 0.200. The highest BCUT2D eigenvalue weighted by molar-refractivity contribution is 9.10. The molecule has 0 fully saturated rings. The zero-order valence-electron chi connectivity index (χ0n) is 10.4. The van der Waals surface area contributed by atoms with Crippen LogP contribution in [-0.4, -0.2) is 7.05 Å². The predicted octanol–water partition coefficient (Wildman–Crippen LogP) is 4.21. The molecule has 2 aromatic rings. The number of benzene rings is 2. The molecule has 1 unspecified atom stereocenters. The summed E-state index contributed by atoms with van der Waals surface area (Å²) in [5, 5.41) is 3.18. The third-order valence-corrected chi connectivity index (χ3v) is 3.69. The van der Waals surface area contributed by atoms with E-state index in [9.17, 15) is 4.39 Å². The second-order valence-corrected chi connectivity index (χ2v) is 5.08. The number of hydrogen-bond acceptors (Lipinski definition) is 1. The molecule has 0 aliphatic carbocycles. The minimum absolute atomic E-state index is 0.135. The van der Waals surface area contributed by atoms with Crippen molar-refractivity contribution in [3.63, 3.8) is 0 Å². The smallest absolute Gasteiger partial charge is 0.142 e. The maximum atomic E-state index is 14.2. The van der Waals surface area contributed by atoms with Gasteiger partial charge in [0.05, 0.1) is 10.5 Å². The van der Waals surface area contributed by atoms with Gasteiger partial charge in [0.2, 0.25) is 0 Å². The average Bonchev–Trinajstić information content (AvgIpc) is 2.37. The van der Waals surface area contributed by atoms with E-state index >= 15 is 0 Å². The van der Waals surface area contributed by atoms with Crippen molar-refractivity contribution in [3.8, 4) is 0 Å². The Morgan fingerprint density at radius 2 is 1.72 bits per heavy atom. The molecule has 2 aromatic carbocycles. The van der Waals surface area contributed by atoms with Crippen LogP contribution in [0, 0.1) is 12.7 Å². The minimum Gasteiger partial charge on any atom is -0.309 e. The van der Waals surface area contributed by atoms with Crippen molar-refractivity contribution in [2.75, 3.05) is 7.05 Å². The summed E-state index contributed by atoms with van der Waals surface area (Å²) in [6.45, 7) is 2.04. The topological polar surface area (TPSA) is 12.0 Å². The highest BCUT2D eigenvalue weighted by Crippen LogP contribution is 2.29. The van der Waals surface area contributed by atoms with E-state index in [-0.39, 0.29) is 11.9 Å². The molecule has 18 heavy (non-hydrogen) atoms. The summed E-state index contributed by atoms with van der Waals surface area (Å²) in [6.07, 6.45) is 0. The Bertz CT molecular complexity index is 554. The van der Waals surface area contributed by atoms with Crippen LogP contribution in [0.25, 0.3) is 0 Å². The number of hydrogen-bond donors (Lipinski definition) is 1. The molecule has 94 valence electrons. The molecule has 1 N–H and O–H groups in total. The first-order valence-corrected chi connectivity index (χ1v) is 6.61. The third-order valence-electron chi connectivity index (χ3n) is 3.08. The molecular formula is C15H15BrFN. The van der Waals surface area contributed by atoms with Gasteiger partial charge in [0.1, 0.15) is 5.82 Å². The molecule has 0 bridgehead atoms. The maximum absolute atomic E-state index is 14.2. The van der Waals surface area contributed by atoms with Crippen molar-refractivity contribution < 1.29 is 4.39 Å². The summed E-state index contributed by atoms with van der Waals surface area (Å²) < 4.78 is 14.7. The van der Waals surface area contributed by atoms with E-state index < -0.39 is 0 Å². The first-order valence-electron chi connectivity index (χ1n) is 5.82. The van der Waals surface area contributed by atoms with E-state index in [1.807, 2.05) is 50.4 Å². The first-order chi connectivity index (χ1) is 8.65. The Morgan fingerprint density at radius 1 is 1.06 bits per heavy atom. The SMILES string of the molecule is CNC(c1ccccc1C)c1cccc(Br)c1F. The molecule has 0 amide bonds. The lowest BCUT2D eigenvalue weighted by Gasteiger charge is -2.20. The fourth-order valence-electron chi connectivity index (χ4n) is 2.13. The van der Waals surface area contributed by atoms with Gasteiger partial charge >= 0.3 is 0 Å². The Balaban J connectivity index is 2.53. The fourth-order valence-corrected chi connectivity index (χ4v) is 2.51. The van der Waals surface area contributed by atoms with Crippen molar-refractivity contribution in [3.05, 3.63) is 69.4 Å².